The smallest absolute Gasteiger partial charge is 0.123 e. The van der Waals surface area contributed by atoms with Crippen molar-refractivity contribution in [2.45, 2.75) is 12.5 Å². The van der Waals surface area contributed by atoms with Gasteiger partial charge in [-0.25, -0.2) is 4.39 Å². The summed E-state index contributed by atoms with van der Waals surface area (Å²) in [5.74, 6) is -0.292. The van der Waals surface area contributed by atoms with Gasteiger partial charge in [0, 0.05) is 23.7 Å². The molecule has 0 aliphatic rings. The number of hydrogen-bond donors (Lipinski definition) is 1. The molecule has 2 N–H and O–H groups in total. The third-order valence-electron chi connectivity index (χ3n) is 2.34. The number of rotatable bonds is 3. The minimum atomic E-state index is -0.652. The molecular formula is C10H13BrFNO. The van der Waals surface area contributed by atoms with E-state index in [1.54, 1.807) is 13.2 Å². The summed E-state index contributed by atoms with van der Waals surface area (Å²) in [7, 11) is 1.56. The van der Waals surface area contributed by atoms with Crippen LogP contribution in [0.15, 0.2) is 22.7 Å². The van der Waals surface area contributed by atoms with E-state index in [1.807, 2.05) is 6.92 Å². The average Bonchev–Trinajstić information content (AvgIpc) is 2.20. The Morgan fingerprint density at radius 3 is 2.71 bits per heavy atom. The van der Waals surface area contributed by atoms with Crippen molar-refractivity contribution in [2.75, 3.05) is 13.7 Å². The van der Waals surface area contributed by atoms with Gasteiger partial charge in [0.1, 0.15) is 11.4 Å². The number of halogens is 2. The predicted molar refractivity (Wildman–Crippen MR) is 57.5 cm³/mol. The quantitative estimate of drug-likeness (QED) is 0.907. The Morgan fingerprint density at radius 2 is 2.21 bits per heavy atom. The molecule has 0 bridgehead atoms. The summed E-state index contributed by atoms with van der Waals surface area (Å²) < 4.78 is 19.1. The minimum absolute atomic E-state index is 0.292. The van der Waals surface area contributed by atoms with Gasteiger partial charge in [0.2, 0.25) is 0 Å². The van der Waals surface area contributed by atoms with Crippen LogP contribution in [0.5, 0.6) is 0 Å². The first-order chi connectivity index (χ1) is 6.53. The van der Waals surface area contributed by atoms with Crippen LogP contribution in [0.3, 0.4) is 0 Å². The molecule has 0 saturated heterocycles. The summed E-state index contributed by atoms with van der Waals surface area (Å²) in [5.41, 5.74) is 5.67. The number of hydrogen-bond acceptors (Lipinski definition) is 2. The van der Waals surface area contributed by atoms with E-state index in [-0.39, 0.29) is 5.82 Å². The Hall–Kier alpha value is -0.450. The van der Waals surface area contributed by atoms with Crippen LogP contribution in [0.1, 0.15) is 12.5 Å². The molecule has 0 radical (unpaired) electrons. The zero-order valence-electron chi connectivity index (χ0n) is 8.18. The van der Waals surface area contributed by atoms with Crippen molar-refractivity contribution < 1.29 is 9.13 Å². The summed E-state index contributed by atoms with van der Waals surface area (Å²) in [6.07, 6.45) is 0. The van der Waals surface area contributed by atoms with Crippen LogP contribution in [0.25, 0.3) is 0 Å². The van der Waals surface area contributed by atoms with Crippen molar-refractivity contribution in [1.29, 1.82) is 0 Å². The van der Waals surface area contributed by atoms with E-state index in [2.05, 4.69) is 15.9 Å². The normalized spacial score (nSPS) is 15.2. The van der Waals surface area contributed by atoms with E-state index in [0.29, 0.717) is 6.54 Å². The predicted octanol–water partition coefficient (Wildman–Crippen LogP) is 2.41. The van der Waals surface area contributed by atoms with Crippen molar-refractivity contribution in [3.05, 3.63) is 34.1 Å². The van der Waals surface area contributed by atoms with E-state index in [9.17, 15) is 4.39 Å². The second-order valence-electron chi connectivity index (χ2n) is 3.26. The first kappa shape index (κ1) is 11.6. The molecule has 1 unspecified atom stereocenters. The fourth-order valence-corrected chi connectivity index (χ4v) is 1.87. The maximum absolute atomic E-state index is 13.0. The summed E-state index contributed by atoms with van der Waals surface area (Å²) in [4.78, 5) is 0. The van der Waals surface area contributed by atoms with Crippen molar-refractivity contribution in [2.24, 2.45) is 5.73 Å². The van der Waals surface area contributed by atoms with Gasteiger partial charge in [0.05, 0.1) is 0 Å². The van der Waals surface area contributed by atoms with Gasteiger partial charge in [-0.15, -0.1) is 0 Å². The maximum Gasteiger partial charge on any atom is 0.123 e. The van der Waals surface area contributed by atoms with E-state index in [1.165, 1.54) is 12.1 Å². The topological polar surface area (TPSA) is 35.2 Å². The van der Waals surface area contributed by atoms with Gasteiger partial charge in [-0.2, -0.15) is 0 Å². The van der Waals surface area contributed by atoms with Crippen LogP contribution < -0.4 is 5.73 Å². The molecule has 78 valence electrons. The Kier molecular flexibility index (Phi) is 3.64. The second kappa shape index (κ2) is 4.38. The van der Waals surface area contributed by atoms with E-state index in [4.69, 9.17) is 10.5 Å². The first-order valence-electron chi connectivity index (χ1n) is 4.24. The molecule has 0 saturated carbocycles. The van der Waals surface area contributed by atoms with E-state index < -0.39 is 5.60 Å². The molecule has 1 rings (SSSR count). The van der Waals surface area contributed by atoms with Gasteiger partial charge in [-0.1, -0.05) is 15.9 Å². The van der Waals surface area contributed by atoms with Crippen LogP contribution in [-0.2, 0) is 10.3 Å². The molecule has 0 aromatic heterocycles. The maximum atomic E-state index is 13.0. The zero-order chi connectivity index (χ0) is 10.8. The first-order valence-corrected chi connectivity index (χ1v) is 5.03. The molecule has 2 nitrogen and oxygen atoms in total. The van der Waals surface area contributed by atoms with Crippen molar-refractivity contribution in [3.8, 4) is 0 Å². The molecule has 4 heteroatoms. The molecule has 1 aromatic carbocycles. The highest BCUT2D eigenvalue weighted by Gasteiger charge is 2.26. The largest absolute Gasteiger partial charge is 0.372 e. The molecule has 0 fully saturated rings. The highest BCUT2D eigenvalue weighted by atomic mass is 79.9. The van der Waals surface area contributed by atoms with Gasteiger partial charge in [-0.3, -0.25) is 0 Å². The monoisotopic (exact) mass is 261 g/mol. The fraction of sp³-hybridized carbons (Fsp3) is 0.400. The number of benzene rings is 1. The Balaban J connectivity index is 3.22. The highest BCUT2D eigenvalue weighted by Crippen LogP contribution is 2.30. The minimum Gasteiger partial charge on any atom is -0.372 e. The zero-order valence-corrected chi connectivity index (χ0v) is 9.77. The van der Waals surface area contributed by atoms with Gasteiger partial charge in [0.25, 0.3) is 0 Å². The molecule has 0 aliphatic carbocycles. The number of methoxy groups -OCH3 is 1. The van der Waals surface area contributed by atoms with Crippen molar-refractivity contribution >= 4 is 15.9 Å². The summed E-state index contributed by atoms with van der Waals surface area (Å²) in [5, 5.41) is 0. The lowest BCUT2D eigenvalue weighted by Crippen LogP contribution is -2.34. The van der Waals surface area contributed by atoms with Crippen LogP contribution in [0.4, 0.5) is 4.39 Å². The Labute approximate surface area is 91.4 Å². The van der Waals surface area contributed by atoms with E-state index in [0.717, 1.165) is 10.0 Å². The molecular weight excluding hydrogens is 249 g/mol. The molecule has 0 heterocycles. The molecule has 0 spiro atoms. The van der Waals surface area contributed by atoms with Gasteiger partial charge in [-0.05, 0) is 25.1 Å². The third-order valence-corrected chi connectivity index (χ3v) is 3.03. The molecule has 1 aromatic rings. The van der Waals surface area contributed by atoms with Gasteiger partial charge >= 0.3 is 0 Å². The van der Waals surface area contributed by atoms with Crippen molar-refractivity contribution in [1.82, 2.24) is 0 Å². The summed E-state index contributed by atoms with van der Waals surface area (Å²) in [6, 6.07) is 4.47. The summed E-state index contributed by atoms with van der Waals surface area (Å²) >= 11 is 3.35. The van der Waals surface area contributed by atoms with Crippen LogP contribution in [0.2, 0.25) is 0 Å². The lowest BCUT2D eigenvalue weighted by atomic mass is 9.96. The average molecular weight is 262 g/mol. The highest BCUT2D eigenvalue weighted by molar-refractivity contribution is 9.10. The van der Waals surface area contributed by atoms with Gasteiger partial charge < -0.3 is 10.5 Å². The standard InChI is InChI=1S/C10H13BrFNO/c1-10(6-13,14-2)8-5-7(12)3-4-9(8)11/h3-5H,6,13H2,1-2H3. The lowest BCUT2D eigenvalue weighted by molar-refractivity contribution is 0.00923. The van der Waals surface area contributed by atoms with Crippen LogP contribution >= 0.6 is 15.9 Å². The second-order valence-corrected chi connectivity index (χ2v) is 4.12. The SMILES string of the molecule is COC(C)(CN)c1cc(F)ccc1Br. The number of nitrogens with two attached hydrogens (primary N) is 1. The Morgan fingerprint density at radius 1 is 1.57 bits per heavy atom. The molecule has 0 amide bonds. The van der Waals surface area contributed by atoms with Crippen molar-refractivity contribution in [3.63, 3.8) is 0 Å². The van der Waals surface area contributed by atoms with Gasteiger partial charge in [0.15, 0.2) is 0 Å². The molecule has 0 aliphatic heterocycles. The van der Waals surface area contributed by atoms with Crippen LogP contribution in [-0.4, -0.2) is 13.7 Å². The number of ether oxygens (including phenoxy) is 1. The molecule has 14 heavy (non-hydrogen) atoms. The van der Waals surface area contributed by atoms with Crippen LogP contribution in [0, 0.1) is 5.82 Å². The lowest BCUT2D eigenvalue weighted by Gasteiger charge is -2.28. The fourth-order valence-electron chi connectivity index (χ4n) is 1.21. The molecule has 1 atom stereocenters. The third kappa shape index (κ3) is 2.13. The summed E-state index contributed by atoms with van der Waals surface area (Å²) in [6.45, 7) is 2.12. The Bertz CT molecular complexity index is 326. The van der Waals surface area contributed by atoms with E-state index >= 15 is 0 Å².